The Balaban J connectivity index is 2.18. The molecule has 1 rings (SSSR count). The van der Waals surface area contributed by atoms with E-state index in [9.17, 15) is 0 Å². The number of rotatable bonds is 4. The average Bonchev–Trinajstić information content (AvgIpc) is 2.16. The lowest BCUT2D eigenvalue weighted by Gasteiger charge is -2.34. The molecule has 4 heteroatoms. The first-order valence-corrected chi connectivity index (χ1v) is 5.05. The average molecular weight is 187 g/mol. The molecule has 1 heterocycles. The Labute approximate surface area is 80.1 Å². The Bertz CT molecular complexity index is 143. The van der Waals surface area contributed by atoms with Crippen LogP contribution in [0.4, 0.5) is 0 Å². The summed E-state index contributed by atoms with van der Waals surface area (Å²) in [7, 11) is 0. The van der Waals surface area contributed by atoms with E-state index in [1.807, 2.05) is 0 Å². The monoisotopic (exact) mass is 187 g/mol. The molecule has 0 aliphatic carbocycles. The van der Waals surface area contributed by atoms with Crippen LogP contribution in [0.2, 0.25) is 0 Å². The highest BCUT2D eigenvalue weighted by atomic mass is 16.3. The zero-order valence-electron chi connectivity index (χ0n) is 8.37. The quantitative estimate of drug-likeness (QED) is 0.528. The summed E-state index contributed by atoms with van der Waals surface area (Å²) in [5.74, 6) is 0. The number of nitrogens with one attached hydrogen (secondary N) is 1. The lowest BCUT2D eigenvalue weighted by atomic mass is 10.1. The van der Waals surface area contributed by atoms with Crippen molar-refractivity contribution in [3.63, 3.8) is 0 Å². The normalized spacial score (nSPS) is 27.5. The van der Waals surface area contributed by atoms with Gasteiger partial charge in [0.2, 0.25) is 0 Å². The molecule has 0 aromatic heterocycles. The molecule has 13 heavy (non-hydrogen) atoms. The van der Waals surface area contributed by atoms with Gasteiger partial charge in [0.05, 0.1) is 6.61 Å². The van der Waals surface area contributed by atoms with E-state index in [2.05, 4.69) is 17.1 Å². The van der Waals surface area contributed by atoms with Gasteiger partial charge in [-0.15, -0.1) is 0 Å². The molecule has 0 bridgehead atoms. The van der Waals surface area contributed by atoms with Gasteiger partial charge >= 0.3 is 0 Å². The van der Waals surface area contributed by atoms with Crippen LogP contribution in [0.3, 0.4) is 0 Å². The molecule has 0 saturated carbocycles. The van der Waals surface area contributed by atoms with Crippen LogP contribution >= 0.6 is 0 Å². The second kappa shape index (κ2) is 5.54. The largest absolute Gasteiger partial charge is 0.395 e. The second-order valence-electron chi connectivity index (χ2n) is 3.82. The van der Waals surface area contributed by atoms with Gasteiger partial charge < -0.3 is 16.2 Å². The number of aliphatic hydroxyl groups is 1. The molecule has 2 atom stereocenters. The van der Waals surface area contributed by atoms with E-state index in [0.717, 1.165) is 32.6 Å². The van der Waals surface area contributed by atoms with Crippen LogP contribution in [0.15, 0.2) is 0 Å². The van der Waals surface area contributed by atoms with E-state index >= 15 is 0 Å². The summed E-state index contributed by atoms with van der Waals surface area (Å²) in [4.78, 5) is 2.42. The van der Waals surface area contributed by atoms with E-state index in [1.165, 1.54) is 0 Å². The minimum atomic E-state index is -0.0536. The van der Waals surface area contributed by atoms with Crippen LogP contribution in [0.25, 0.3) is 0 Å². The van der Waals surface area contributed by atoms with Gasteiger partial charge in [0.15, 0.2) is 0 Å². The predicted molar refractivity (Wildman–Crippen MR) is 53.6 cm³/mol. The Morgan fingerprint density at radius 3 is 3.08 bits per heavy atom. The molecule has 1 aliphatic rings. The lowest BCUT2D eigenvalue weighted by molar-refractivity contribution is 0.159. The summed E-state index contributed by atoms with van der Waals surface area (Å²) in [6, 6.07) is 0.543. The third-order valence-corrected chi connectivity index (χ3v) is 2.66. The molecule has 2 unspecified atom stereocenters. The van der Waals surface area contributed by atoms with E-state index in [-0.39, 0.29) is 12.6 Å². The number of aliphatic hydroxyl groups excluding tert-OH is 1. The van der Waals surface area contributed by atoms with Crippen molar-refractivity contribution in [2.24, 2.45) is 5.73 Å². The van der Waals surface area contributed by atoms with E-state index in [1.54, 1.807) is 0 Å². The van der Waals surface area contributed by atoms with Gasteiger partial charge in [-0.1, -0.05) is 0 Å². The zero-order valence-corrected chi connectivity index (χ0v) is 8.37. The first-order chi connectivity index (χ1) is 6.24. The van der Waals surface area contributed by atoms with Crippen molar-refractivity contribution in [2.45, 2.75) is 25.4 Å². The van der Waals surface area contributed by atoms with Gasteiger partial charge in [0.1, 0.15) is 0 Å². The van der Waals surface area contributed by atoms with Crippen molar-refractivity contribution in [3.8, 4) is 0 Å². The fourth-order valence-corrected chi connectivity index (χ4v) is 1.64. The van der Waals surface area contributed by atoms with Crippen LogP contribution in [0.1, 0.15) is 13.3 Å². The van der Waals surface area contributed by atoms with Crippen molar-refractivity contribution >= 4 is 0 Å². The third kappa shape index (κ3) is 3.60. The fourth-order valence-electron chi connectivity index (χ4n) is 1.64. The molecule has 0 spiro atoms. The molecular weight excluding hydrogens is 166 g/mol. The summed E-state index contributed by atoms with van der Waals surface area (Å²) in [5.41, 5.74) is 5.64. The molecule has 0 aromatic rings. The van der Waals surface area contributed by atoms with Crippen LogP contribution < -0.4 is 11.1 Å². The topological polar surface area (TPSA) is 61.5 Å². The number of piperazine rings is 1. The van der Waals surface area contributed by atoms with Crippen LogP contribution in [-0.4, -0.2) is 54.9 Å². The number of hydrogen-bond donors (Lipinski definition) is 3. The standard InChI is InChI=1S/C9H21N3O/c1-8-6-11-3-5-12(8)4-2-9(10)7-13/h8-9,11,13H,2-7,10H2,1H3. The molecule has 0 radical (unpaired) electrons. The van der Waals surface area contributed by atoms with Gasteiger partial charge in [-0.25, -0.2) is 0 Å². The minimum absolute atomic E-state index is 0.0536. The highest BCUT2D eigenvalue weighted by molar-refractivity contribution is 4.77. The number of hydrogen-bond acceptors (Lipinski definition) is 4. The smallest absolute Gasteiger partial charge is 0.0583 e. The Hall–Kier alpha value is -0.160. The first kappa shape index (κ1) is 10.9. The van der Waals surface area contributed by atoms with Gasteiger partial charge in [0.25, 0.3) is 0 Å². The minimum Gasteiger partial charge on any atom is -0.395 e. The summed E-state index contributed by atoms with van der Waals surface area (Å²) in [6.07, 6.45) is 0.890. The molecule has 1 saturated heterocycles. The molecule has 0 amide bonds. The Kier molecular flexibility index (Phi) is 4.66. The van der Waals surface area contributed by atoms with Crippen LogP contribution in [0.5, 0.6) is 0 Å². The summed E-state index contributed by atoms with van der Waals surface area (Å²) in [5, 5.41) is 12.1. The van der Waals surface area contributed by atoms with E-state index in [0.29, 0.717) is 6.04 Å². The summed E-state index contributed by atoms with van der Waals surface area (Å²) < 4.78 is 0. The van der Waals surface area contributed by atoms with Crippen molar-refractivity contribution in [1.82, 2.24) is 10.2 Å². The maximum Gasteiger partial charge on any atom is 0.0583 e. The van der Waals surface area contributed by atoms with Gasteiger partial charge in [-0.05, 0) is 13.3 Å². The Morgan fingerprint density at radius 2 is 2.46 bits per heavy atom. The number of nitrogens with two attached hydrogens (primary N) is 1. The van der Waals surface area contributed by atoms with Gasteiger partial charge in [0, 0.05) is 38.3 Å². The predicted octanol–water partition coefficient (Wildman–Crippen LogP) is -1.01. The molecule has 4 nitrogen and oxygen atoms in total. The number of nitrogens with zero attached hydrogens (tertiary/aromatic N) is 1. The molecule has 0 aromatic carbocycles. The van der Waals surface area contributed by atoms with Crippen LogP contribution in [-0.2, 0) is 0 Å². The first-order valence-electron chi connectivity index (χ1n) is 5.05. The highest BCUT2D eigenvalue weighted by Gasteiger charge is 2.17. The van der Waals surface area contributed by atoms with Gasteiger partial charge in [-0.2, -0.15) is 0 Å². The molecule has 4 N–H and O–H groups in total. The second-order valence-corrected chi connectivity index (χ2v) is 3.82. The van der Waals surface area contributed by atoms with Crippen molar-refractivity contribution in [1.29, 1.82) is 0 Å². The maximum atomic E-state index is 8.77. The third-order valence-electron chi connectivity index (χ3n) is 2.66. The van der Waals surface area contributed by atoms with Crippen molar-refractivity contribution < 1.29 is 5.11 Å². The highest BCUT2D eigenvalue weighted by Crippen LogP contribution is 2.03. The van der Waals surface area contributed by atoms with E-state index < -0.39 is 0 Å². The van der Waals surface area contributed by atoms with Crippen molar-refractivity contribution in [2.75, 3.05) is 32.8 Å². The lowest BCUT2D eigenvalue weighted by Crippen LogP contribution is -2.50. The summed E-state index contributed by atoms with van der Waals surface area (Å²) in [6.45, 7) is 6.55. The van der Waals surface area contributed by atoms with Crippen molar-refractivity contribution in [3.05, 3.63) is 0 Å². The van der Waals surface area contributed by atoms with Gasteiger partial charge in [-0.3, -0.25) is 4.90 Å². The van der Waals surface area contributed by atoms with E-state index in [4.69, 9.17) is 10.8 Å². The SMILES string of the molecule is CC1CNCCN1CCC(N)CO. The maximum absolute atomic E-state index is 8.77. The molecule has 78 valence electrons. The molecule has 1 fully saturated rings. The fraction of sp³-hybridized carbons (Fsp3) is 1.00. The molecular formula is C9H21N3O. The Morgan fingerprint density at radius 1 is 1.69 bits per heavy atom. The molecule has 1 aliphatic heterocycles. The van der Waals surface area contributed by atoms with Crippen LogP contribution in [0, 0.1) is 0 Å². The summed E-state index contributed by atoms with van der Waals surface area (Å²) >= 11 is 0. The zero-order chi connectivity index (χ0) is 9.68.